The number of amides is 1. The summed E-state index contributed by atoms with van der Waals surface area (Å²) in [7, 11) is 1.47. The predicted octanol–water partition coefficient (Wildman–Crippen LogP) is 5.15. The maximum atomic E-state index is 13.5. The number of halogens is 3. The molecule has 1 fully saturated rings. The van der Waals surface area contributed by atoms with Gasteiger partial charge in [0.15, 0.2) is 16.8 Å². The molecule has 1 amide bonds. The van der Waals surface area contributed by atoms with E-state index in [9.17, 15) is 13.6 Å². The van der Waals surface area contributed by atoms with E-state index in [0.717, 1.165) is 12.1 Å². The van der Waals surface area contributed by atoms with Crippen molar-refractivity contribution in [2.45, 2.75) is 25.1 Å². The van der Waals surface area contributed by atoms with Crippen molar-refractivity contribution in [2.75, 3.05) is 13.7 Å². The SMILES string of the molecule is COc1ccc(Cl)cc1C(=O)/N=C1\SC(C)(C)CN1Cc1ccc(F)c(F)c1. The number of carbonyl (C=O) groups excluding carboxylic acids is 1. The van der Waals surface area contributed by atoms with Gasteiger partial charge in [0, 0.05) is 22.9 Å². The number of carbonyl (C=O) groups is 1. The molecule has 0 saturated carbocycles. The number of thioether (sulfide) groups is 1. The highest BCUT2D eigenvalue weighted by molar-refractivity contribution is 8.15. The van der Waals surface area contributed by atoms with Crippen LogP contribution in [0, 0.1) is 11.6 Å². The Kier molecular flexibility index (Phi) is 5.95. The van der Waals surface area contributed by atoms with Crippen LogP contribution in [0.4, 0.5) is 8.78 Å². The number of rotatable bonds is 4. The Morgan fingerprint density at radius 1 is 1.25 bits per heavy atom. The molecule has 0 aliphatic carbocycles. The van der Waals surface area contributed by atoms with Crippen LogP contribution in [0.5, 0.6) is 5.75 Å². The van der Waals surface area contributed by atoms with E-state index in [0.29, 0.717) is 34.6 Å². The Morgan fingerprint density at radius 2 is 2.00 bits per heavy atom. The zero-order valence-corrected chi connectivity index (χ0v) is 17.2. The van der Waals surface area contributed by atoms with Gasteiger partial charge in [-0.3, -0.25) is 4.79 Å². The zero-order valence-electron chi connectivity index (χ0n) is 15.6. The standard InChI is InChI=1S/C20H19ClF2N2O2S/c1-20(2)11-25(10-12-4-6-15(22)16(23)8-12)19(28-20)24-18(26)14-9-13(21)5-7-17(14)27-3/h4-9H,10-11H2,1-3H3/b24-19-. The molecular weight excluding hydrogens is 406 g/mol. The number of aliphatic imine (C=N–C) groups is 1. The molecule has 8 heteroatoms. The monoisotopic (exact) mass is 424 g/mol. The highest BCUT2D eigenvalue weighted by Crippen LogP contribution is 2.37. The minimum absolute atomic E-state index is 0.184. The summed E-state index contributed by atoms with van der Waals surface area (Å²) in [4.78, 5) is 18.9. The summed E-state index contributed by atoms with van der Waals surface area (Å²) in [5, 5.41) is 0.921. The van der Waals surface area contributed by atoms with Crippen molar-refractivity contribution in [3.05, 3.63) is 64.2 Å². The van der Waals surface area contributed by atoms with Gasteiger partial charge in [-0.1, -0.05) is 29.4 Å². The van der Waals surface area contributed by atoms with Gasteiger partial charge in [-0.25, -0.2) is 8.78 Å². The number of amidine groups is 1. The van der Waals surface area contributed by atoms with Gasteiger partial charge >= 0.3 is 0 Å². The molecule has 0 radical (unpaired) electrons. The quantitative estimate of drug-likeness (QED) is 0.680. The van der Waals surface area contributed by atoms with Crippen molar-refractivity contribution < 1.29 is 18.3 Å². The first-order valence-corrected chi connectivity index (χ1v) is 9.72. The third-order valence-corrected chi connectivity index (χ3v) is 5.61. The smallest absolute Gasteiger partial charge is 0.283 e. The van der Waals surface area contributed by atoms with Crippen molar-refractivity contribution in [2.24, 2.45) is 4.99 Å². The van der Waals surface area contributed by atoms with Crippen LogP contribution >= 0.6 is 23.4 Å². The van der Waals surface area contributed by atoms with Gasteiger partial charge in [-0.15, -0.1) is 0 Å². The Bertz CT molecular complexity index is 950. The number of methoxy groups -OCH3 is 1. The van der Waals surface area contributed by atoms with Gasteiger partial charge in [0.1, 0.15) is 5.75 Å². The molecule has 148 valence electrons. The van der Waals surface area contributed by atoms with Crippen LogP contribution in [0.3, 0.4) is 0 Å². The van der Waals surface area contributed by atoms with E-state index in [-0.39, 0.29) is 10.3 Å². The second-order valence-electron chi connectivity index (χ2n) is 7.01. The van der Waals surface area contributed by atoms with Gasteiger partial charge < -0.3 is 9.64 Å². The van der Waals surface area contributed by atoms with Crippen molar-refractivity contribution >= 4 is 34.4 Å². The van der Waals surface area contributed by atoms with E-state index in [1.54, 1.807) is 12.1 Å². The molecule has 0 unspecified atom stereocenters. The molecule has 1 heterocycles. The van der Waals surface area contributed by atoms with E-state index in [4.69, 9.17) is 16.3 Å². The third kappa shape index (κ3) is 4.64. The van der Waals surface area contributed by atoms with Crippen LogP contribution in [0.1, 0.15) is 29.8 Å². The summed E-state index contributed by atoms with van der Waals surface area (Å²) in [5.74, 6) is -1.89. The third-order valence-electron chi connectivity index (χ3n) is 4.16. The molecule has 3 rings (SSSR count). The van der Waals surface area contributed by atoms with E-state index < -0.39 is 17.5 Å². The molecule has 1 saturated heterocycles. The summed E-state index contributed by atoms with van der Waals surface area (Å²) in [6, 6.07) is 8.53. The van der Waals surface area contributed by atoms with Crippen LogP contribution < -0.4 is 4.74 Å². The van der Waals surface area contributed by atoms with E-state index in [2.05, 4.69) is 4.99 Å². The second kappa shape index (κ2) is 8.09. The van der Waals surface area contributed by atoms with E-state index in [1.165, 1.54) is 31.0 Å². The predicted molar refractivity (Wildman–Crippen MR) is 108 cm³/mol. The molecule has 4 nitrogen and oxygen atoms in total. The average molecular weight is 425 g/mol. The van der Waals surface area contributed by atoms with Crippen LogP contribution in [0.2, 0.25) is 5.02 Å². The van der Waals surface area contributed by atoms with Gasteiger partial charge in [0.2, 0.25) is 0 Å². The molecule has 28 heavy (non-hydrogen) atoms. The van der Waals surface area contributed by atoms with Gasteiger partial charge in [-0.2, -0.15) is 4.99 Å². The Morgan fingerprint density at radius 3 is 2.68 bits per heavy atom. The molecule has 0 aromatic heterocycles. The van der Waals surface area contributed by atoms with Crippen molar-refractivity contribution in [3.8, 4) is 5.75 Å². The van der Waals surface area contributed by atoms with E-state index >= 15 is 0 Å². The molecule has 0 atom stereocenters. The molecular formula is C20H19ClF2N2O2S. The zero-order chi connectivity index (χ0) is 20.5. The Labute approximate surface area is 171 Å². The lowest BCUT2D eigenvalue weighted by Crippen LogP contribution is -2.28. The Hall–Kier alpha value is -2.12. The van der Waals surface area contributed by atoms with Crippen molar-refractivity contribution in [1.82, 2.24) is 4.90 Å². The first-order chi connectivity index (χ1) is 13.2. The number of hydrogen-bond donors (Lipinski definition) is 0. The summed E-state index contributed by atoms with van der Waals surface area (Å²) in [5.41, 5.74) is 0.860. The first-order valence-electron chi connectivity index (χ1n) is 8.53. The molecule has 1 aliphatic heterocycles. The maximum absolute atomic E-state index is 13.5. The molecule has 2 aromatic rings. The molecule has 2 aromatic carbocycles. The van der Waals surface area contributed by atoms with Crippen LogP contribution in [0.25, 0.3) is 0 Å². The minimum Gasteiger partial charge on any atom is -0.496 e. The molecule has 0 spiro atoms. The van der Waals surface area contributed by atoms with Gasteiger partial charge in [0.05, 0.1) is 12.7 Å². The summed E-state index contributed by atoms with van der Waals surface area (Å²) in [6.45, 7) is 4.98. The average Bonchev–Trinajstić information content (AvgIpc) is 2.91. The number of nitrogens with zero attached hydrogens (tertiary/aromatic N) is 2. The summed E-state index contributed by atoms with van der Waals surface area (Å²) in [6.07, 6.45) is 0. The minimum atomic E-state index is -0.901. The number of ether oxygens (including phenoxy) is 1. The fourth-order valence-corrected chi connectivity index (χ4v) is 4.21. The van der Waals surface area contributed by atoms with Crippen LogP contribution in [-0.2, 0) is 6.54 Å². The highest BCUT2D eigenvalue weighted by atomic mass is 35.5. The number of benzene rings is 2. The molecule has 1 aliphatic rings. The summed E-state index contributed by atoms with van der Waals surface area (Å²) < 4.78 is 31.8. The highest BCUT2D eigenvalue weighted by Gasteiger charge is 2.36. The van der Waals surface area contributed by atoms with Crippen LogP contribution in [-0.4, -0.2) is 34.4 Å². The molecule has 0 bridgehead atoms. The van der Waals surface area contributed by atoms with Gasteiger partial charge in [0.25, 0.3) is 5.91 Å². The van der Waals surface area contributed by atoms with E-state index in [1.807, 2.05) is 18.7 Å². The molecule has 0 N–H and O–H groups in total. The Balaban J connectivity index is 1.90. The lowest BCUT2D eigenvalue weighted by atomic mass is 10.1. The van der Waals surface area contributed by atoms with Gasteiger partial charge in [-0.05, 0) is 49.7 Å². The summed E-state index contributed by atoms with van der Waals surface area (Å²) >= 11 is 7.46. The van der Waals surface area contributed by atoms with Crippen molar-refractivity contribution in [1.29, 1.82) is 0 Å². The normalized spacial score (nSPS) is 17.2. The second-order valence-corrected chi connectivity index (χ2v) is 9.12. The maximum Gasteiger partial charge on any atom is 0.283 e. The lowest BCUT2D eigenvalue weighted by molar-refractivity contribution is 0.0998. The van der Waals surface area contributed by atoms with Crippen molar-refractivity contribution in [3.63, 3.8) is 0 Å². The fraction of sp³-hybridized carbons (Fsp3) is 0.300. The first kappa shape index (κ1) is 20.6. The lowest BCUT2D eigenvalue weighted by Gasteiger charge is -2.20. The topological polar surface area (TPSA) is 41.9 Å². The fourth-order valence-electron chi connectivity index (χ4n) is 2.94. The number of hydrogen-bond acceptors (Lipinski definition) is 3. The van der Waals surface area contributed by atoms with Crippen LogP contribution in [0.15, 0.2) is 41.4 Å². The largest absolute Gasteiger partial charge is 0.496 e.